The van der Waals surface area contributed by atoms with E-state index < -0.39 is 18.1 Å². The number of rotatable bonds is 2. The van der Waals surface area contributed by atoms with E-state index in [4.69, 9.17) is 4.12 Å². The highest BCUT2D eigenvalue weighted by atomic mass is 28.4. The Morgan fingerprint density at radius 3 is 0.909 bits per heavy atom. The van der Waals surface area contributed by atoms with E-state index in [0.29, 0.717) is 0 Å². The quantitative estimate of drug-likeness (QED) is 0.469. The fourth-order valence-electron chi connectivity index (χ4n) is 0.544. The molecule has 0 amide bonds. The minimum absolute atomic E-state index is 0.667. The van der Waals surface area contributed by atoms with Gasteiger partial charge in [0.05, 0.1) is 0 Å². The van der Waals surface area contributed by atoms with Crippen LogP contribution in [0, 0.1) is 25.7 Å². The highest BCUT2D eigenvalue weighted by Crippen LogP contribution is 1.87. The van der Waals surface area contributed by atoms with Crippen molar-refractivity contribution in [3.8, 4) is 25.7 Å². The molecular weight excluding hydrogens is 168 g/mol. The van der Waals surface area contributed by atoms with Crippen molar-refractivity contribution in [2.24, 2.45) is 0 Å². The normalized spacial score (nSPS) is 7.45. The summed E-state index contributed by atoms with van der Waals surface area (Å²) in [5.74, 6) is 0. The van der Waals surface area contributed by atoms with Crippen molar-refractivity contribution in [3.63, 3.8) is 0 Å². The molecule has 0 aromatic carbocycles. The van der Waals surface area contributed by atoms with Gasteiger partial charge in [-0.05, 0) is 26.2 Å². The summed E-state index contributed by atoms with van der Waals surface area (Å²) in [6.45, 7) is 8.86. The van der Waals surface area contributed by atoms with E-state index in [1.807, 2.05) is 0 Å². The van der Waals surface area contributed by atoms with Crippen LogP contribution in [0.25, 0.3) is 0 Å². The van der Waals surface area contributed by atoms with Crippen LogP contribution in [-0.4, -0.2) is 18.1 Å². The molecule has 64 valence electrons. The molecule has 3 heteroatoms. The topological polar surface area (TPSA) is 9.23 Å². The summed E-state index contributed by atoms with van der Waals surface area (Å²) in [6.07, 6.45) is 16.0. The second-order valence-electron chi connectivity index (χ2n) is 2.23. The van der Waals surface area contributed by atoms with Crippen LogP contribution in [0.4, 0.5) is 0 Å². The third-order valence-corrected chi connectivity index (χ3v) is 4.90. The third-order valence-electron chi connectivity index (χ3n) is 0.544. The van der Waals surface area contributed by atoms with Gasteiger partial charge in [0.1, 0.15) is 0 Å². The number of hydrogen-bond acceptors (Lipinski definition) is 1. The summed E-state index contributed by atoms with van der Waals surface area (Å²) in [5.41, 5.74) is 0. The van der Waals surface area contributed by atoms with Crippen LogP contribution < -0.4 is 0 Å². The van der Waals surface area contributed by atoms with Gasteiger partial charge >= 0.3 is 0 Å². The second kappa shape index (κ2) is 16.3. The molecule has 1 nitrogen and oxygen atoms in total. The van der Waals surface area contributed by atoms with E-state index in [-0.39, 0.29) is 0 Å². The maximum atomic E-state index is 5.53. The van der Waals surface area contributed by atoms with Crippen molar-refractivity contribution in [2.75, 3.05) is 0 Å². The Labute approximate surface area is 74.6 Å². The average molecular weight is 186 g/mol. The molecule has 11 heavy (non-hydrogen) atoms. The van der Waals surface area contributed by atoms with Crippen molar-refractivity contribution < 1.29 is 4.12 Å². The largest absolute Gasteiger partial charge is 0.461 e. The Hall–Kier alpha value is -0.486. The molecule has 0 unspecified atom stereocenters. The van der Waals surface area contributed by atoms with Gasteiger partial charge in [-0.25, -0.2) is 0 Å². The molecule has 0 aliphatic carbocycles. The molecule has 0 radical (unpaired) electrons. The molecule has 0 aromatic heterocycles. The molecule has 0 N–H and O–H groups in total. The summed E-state index contributed by atoms with van der Waals surface area (Å²) in [7, 11) is -1.33. The Balaban J connectivity index is -0.000000138. The minimum atomic E-state index is -0.667. The molecule has 0 rings (SSSR count). The van der Waals surface area contributed by atoms with Crippen LogP contribution in [0.5, 0.6) is 0 Å². The van der Waals surface area contributed by atoms with E-state index in [9.17, 15) is 0 Å². The van der Waals surface area contributed by atoms with Gasteiger partial charge in [-0.1, -0.05) is 0 Å². The summed E-state index contributed by atoms with van der Waals surface area (Å²) >= 11 is 0. The standard InChI is InChI=1S/C4H14OSi2.2C2H2/c1-6(2)5-7(3)4;2*1-2/h6-7H,1-4H3;2*1-2H. The zero-order valence-corrected chi connectivity index (χ0v) is 10.2. The highest BCUT2D eigenvalue weighted by molar-refractivity contribution is 6.63. The lowest BCUT2D eigenvalue weighted by atomic mass is 11.4. The van der Waals surface area contributed by atoms with E-state index in [2.05, 4.69) is 51.9 Å². The van der Waals surface area contributed by atoms with Gasteiger partial charge in [-0.15, -0.1) is 25.7 Å². The summed E-state index contributed by atoms with van der Waals surface area (Å²) in [6, 6.07) is 0. The Kier molecular flexibility index (Phi) is 24.9. The molecular formula is C8H18OSi2. The zero-order valence-electron chi connectivity index (χ0n) is 7.87. The molecule has 0 aromatic rings. The van der Waals surface area contributed by atoms with Gasteiger partial charge in [0.25, 0.3) is 0 Å². The van der Waals surface area contributed by atoms with Gasteiger partial charge in [0, 0.05) is 0 Å². The molecule has 0 atom stereocenters. The SMILES string of the molecule is C#C.C#C.C[SiH](C)O[SiH](C)C. The van der Waals surface area contributed by atoms with Crippen LogP contribution in [0.3, 0.4) is 0 Å². The van der Waals surface area contributed by atoms with Crippen LogP contribution in [-0.2, 0) is 4.12 Å². The molecule has 0 bridgehead atoms. The lowest BCUT2D eigenvalue weighted by Crippen LogP contribution is -2.17. The van der Waals surface area contributed by atoms with Crippen LogP contribution in [0.1, 0.15) is 0 Å². The van der Waals surface area contributed by atoms with Gasteiger partial charge in [-0.2, -0.15) is 0 Å². The Morgan fingerprint density at radius 1 is 0.727 bits per heavy atom. The number of hydrogen-bond donors (Lipinski definition) is 0. The third kappa shape index (κ3) is 43.5. The maximum Gasteiger partial charge on any atom is 0.156 e. The van der Waals surface area contributed by atoms with Crippen molar-refractivity contribution in [1.29, 1.82) is 0 Å². The second-order valence-corrected chi connectivity index (χ2v) is 7.52. The first kappa shape index (κ1) is 16.9. The van der Waals surface area contributed by atoms with Crippen molar-refractivity contribution >= 4 is 18.1 Å². The van der Waals surface area contributed by atoms with Crippen molar-refractivity contribution in [1.82, 2.24) is 0 Å². The summed E-state index contributed by atoms with van der Waals surface area (Å²) in [5, 5.41) is 0. The zero-order chi connectivity index (χ0) is 9.86. The molecule has 0 spiro atoms. The molecule has 0 heterocycles. The fraction of sp³-hybridized carbons (Fsp3) is 0.500. The lowest BCUT2D eigenvalue weighted by molar-refractivity contribution is 0.608. The first-order valence-electron chi connectivity index (χ1n) is 3.45. The predicted octanol–water partition coefficient (Wildman–Crippen LogP) is 1.47. The van der Waals surface area contributed by atoms with E-state index >= 15 is 0 Å². The van der Waals surface area contributed by atoms with Gasteiger partial charge in [0.15, 0.2) is 18.1 Å². The van der Waals surface area contributed by atoms with Crippen molar-refractivity contribution in [2.45, 2.75) is 26.2 Å². The van der Waals surface area contributed by atoms with Crippen molar-refractivity contribution in [3.05, 3.63) is 0 Å². The Morgan fingerprint density at radius 2 is 0.909 bits per heavy atom. The molecule has 0 saturated heterocycles. The number of terminal acetylenes is 2. The van der Waals surface area contributed by atoms with E-state index in [0.717, 1.165) is 0 Å². The predicted molar refractivity (Wildman–Crippen MR) is 58.6 cm³/mol. The smallest absolute Gasteiger partial charge is 0.156 e. The van der Waals surface area contributed by atoms with E-state index in [1.54, 1.807) is 0 Å². The van der Waals surface area contributed by atoms with Crippen LogP contribution in [0.15, 0.2) is 0 Å². The van der Waals surface area contributed by atoms with Gasteiger partial charge < -0.3 is 4.12 Å². The molecule has 0 aliphatic heterocycles. The summed E-state index contributed by atoms with van der Waals surface area (Å²) in [4.78, 5) is 0. The van der Waals surface area contributed by atoms with E-state index in [1.165, 1.54) is 0 Å². The molecule has 0 fully saturated rings. The first-order valence-corrected chi connectivity index (χ1v) is 9.01. The van der Waals surface area contributed by atoms with Crippen LogP contribution in [0.2, 0.25) is 26.2 Å². The molecule has 0 aliphatic rings. The maximum absolute atomic E-state index is 5.53. The highest BCUT2D eigenvalue weighted by Gasteiger charge is 1.97. The molecule has 0 saturated carbocycles. The van der Waals surface area contributed by atoms with Gasteiger partial charge in [-0.3, -0.25) is 0 Å². The summed E-state index contributed by atoms with van der Waals surface area (Å²) < 4.78 is 5.53. The van der Waals surface area contributed by atoms with Gasteiger partial charge in [0.2, 0.25) is 0 Å². The monoisotopic (exact) mass is 186 g/mol. The lowest BCUT2D eigenvalue weighted by Gasteiger charge is -2.07. The minimum Gasteiger partial charge on any atom is -0.461 e. The van der Waals surface area contributed by atoms with Crippen LogP contribution >= 0.6 is 0 Å². The Bertz CT molecular complexity index is 82.8. The first-order chi connectivity index (χ1) is 5.13. The average Bonchev–Trinajstić information content (AvgIpc) is 1.93. The fourth-order valence-corrected chi connectivity index (χ4v) is 4.90.